The molecule has 3 rings (SSSR count). The van der Waals surface area contributed by atoms with E-state index in [0.29, 0.717) is 32.2 Å². The second kappa shape index (κ2) is 6.66. The Kier molecular flexibility index (Phi) is 4.72. The zero-order valence-corrected chi connectivity index (χ0v) is 15.9. The molecular formula is C15H14ClN3O4S2. The summed E-state index contributed by atoms with van der Waals surface area (Å²) in [4.78, 5) is 5.46. The van der Waals surface area contributed by atoms with Crippen molar-refractivity contribution in [2.75, 3.05) is 11.8 Å². The maximum atomic E-state index is 12.8. The second-order valence-corrected chi connectivity index (χ2v) is 8.46. The van der Waals surface area contributed by atoms with Crippen LogP contribution in [0.2, 0.25) is 5.02 Å². The molecule has 1 aromatic carbocycles. The van der Waals surface area contributed by atoms with Gasteiger partial charge in [0.15, 0.2) is 0 Å². The Morgan fingerprint density at radius 3 is 2.68 bits per heavy atom. The van der Waals surface area contributed by atoms with Gasteiger partial charge in [0, 0.05) is 16.8 Å². The lowest BCUT2D eigenvalue weighted by atomic mass is 10.3. The fourth-order valence-electron chi connectivity index (χ4n) is 2.20. The quantitative estimate of drug-likeness (QED) is 0.699. The average Bonchev–Trinajstić information content (AvgIpc) is 3.13. The van der Waals surface area contributed by atoms with Crippen molar-refractivity contribution in [3.63, 3.8) is 0 Å². The molecule has 0 aliphatic rings. The fourth-order valence-corrected chi connectivity index (χ4v) is 4.95. The Hall–Kier alpha value is -2.10. The Labute approximate surface area is 153 Å². The number of rotatable bonds is 5. The van der Waals surface area contributed by atoms with Crippen LogP contribution in [0.25, 0.3) is 10.7 Å². The van der Waals surface area contributed by atoms with E-state index < -0.39 is 10.0 Å². The number of methoxy groups -OCH3 is 1. The van der Waals surface area contributed by atoms with E-state index >= 15 is 0 Å². The first-order valence-corrected chi connectivity index (χ1v) is 9.75. The van der Waals surface area contributed by atoms with Crippen LogP contribution in [0.15, 0.2) is 33.7 Å². The Morgan fingerprint density at radius 1 is 1.28 bits per heavy atom. The molecule has 0 radical (unpaired) electrons. The Balaban J connectivity index is 1.98. The van der Waals surface area contributed by atoms with E-state index in [4.69, 9.17) is 20.9 Å². The van der Waals surface area contributed by atoms with Crippen molar-refractivity contribution < 1.29 is 17.7 Å². The van der Waals surface area contributed by atoms with Crippen LogP contribution in [0.3, 0.4) is 0 Å². The zero-order chi connectivity index (χ0) is 18.2. The van der Waals surface area contributed by atoms with Crippen LogP contribution in [0.5, 0.6) is 5.75 Å². The number of aryl methyl sites for hydroxylation is 2. The molecule has 1 N–H and O–H groups in total. The number of sulfonamides is 1. The van der Waals surface area contributed by atoms with Gasteiger partial charge in [-0.1, -0.05) is 16.8 Å². The van der Waals surface area contributed by atoms with Crippen LogP contribution in [0.4, 0.5) is 5.69 Å². The van der Waals surface area contributed by atoms with E-state index in [1.54, 1.807) is 26.0 Å². The van der Waals surface area contributed by atoms with E-state index in [2.05, 4.69) is 14.9 Å². The van der Waals surface area contributed by atoms with Crippen LogP contribution < -0.4 is 9.46 Å². The normalized spacial score (nSPS) is 11.5. The summed E-state index contributed by atoms with van der Waals surface area (Å²) in [7, 11) is -2.39. The summed E-state index contributed by atoms with van der Waals surface area (Å²) in [5.74, 6) is 1.13. The van der Waals surface area contributed by atoms with Crippen molar-refractivity contribution in [1.82, 2.24) is 10.1 Å². The van der Waals surface area contributed by atoms with Crippen LogP contribution in [-0.4, -0.2) is 25.7 Å². The minimum absolute atomic E-state index is 0.136. The Bertz CT molecular complexity index is 1030. The summed E-state index contributed by atoms with van der Waals surface area (Å²) < 4.78 is 38.2. The summed E-state index contributed by atoms with van der Waals surface area (Å²) in [6.07, 6.45) is 0. The molecule has 0 bridgehead atoms. The molecule has 0 saturated carbocycles. The first-order chi connectivity index (χ1) is 11.8. The first-order valence-electron chi connectivity index (χ1n) is 7.07. The van der Waals surface area contributed by atoms with Crippen LogP contribution in [0.1, 0.15) is 10.8 Å². The molecule has 0 spiro atoms. The van der Waals surface area contributed by atoms with Crippen molar-refractivity contribution in [3.8, 4) is 16.5 Å². The molecular weight excluding hydrogens is 386 g/mol. The van der Waals surface area contributed by atoms with Crippen LogP contribution in [-0.2, 0) is 10.0 Å². The molecule has 0 amide bonds. The van der Waals surface area contributed by atoms with Crippen molar-refractivity contribution in [1.29, 1.82) is 0 Å². The second-order valence-electron chi connectivity index (χ2n) is 5.12. The molecule has 2 heterocycles. The van der Waals surface area contributed by atoms with Gasteiger partial charge in [-0.25, -0.2) is 8.42 Å². The topological polar surface area (TPSA) is 94.3 Å². The van der Waals surface area contributed by atoms with Crippen LogP contribution in [0, 0.1) is 13.8 Å². The summed E-state index contributed by atoms with van der Waals surface area (Å²) in [6.45, 7) is 3.38. The maximum Gasteiger partial charge on any atom is 0.263 e. The number of nitrogens with zero attached hydrogens (tertiary/aromatic N) is 2. The lowest BCUT2D eigenvalue weighted by Gasteiger charge is -2.12. The number of benzene rings is 1. The third-order valence-corrected chi connectivity index (χ3v) is 6.22. The van der Waals surface area contributed by atoms with E-state index in [1.807, 2.05) is 0 Å². The summed E-state index contributed by atoms with van der Waals surface area (Å²) >= 11 is 7.22. The number of nitrogens with one attached hydrogen (secondary N) is 1. The minimum Gasteiger partial charge on any atom is -0.495 e. The molecule has 0 aliphatic heterocycles. The highest BCUT2D eigenvalue weighted by Crippen LogP contribution is 2.35. The zero-order valence-electron chi connectivity index (χ0n) is 13.5. The number of aromatic nitrogens is 2. The number of hydrogen-bond donors (Lipinski definition) is 1. The molecule has 0 saturated heterocycles. The highest BCUT2D eigenvalue weighted by atomic mass is 35.5. The van der Waals surface area contributed by atoms with Gasteiger partial charge in [0.2, 0.25) is 11.7 Å². The monoisotopic (exact) mass is 399 g/mol. The number of thiophene rings is 1. The van der Waals surface area contributed by atoms with Gasteiger partial charge in [-0.05, 0) is 31.2 Å². The highest BCUT2D eigenvalue weighted by molar-refractivity contribution is 7.93. The van der Waals surface area contributed by atoms with Crippen molar-refractivity contribution in [2.45, 2.75) is 18.7 Å². The summed E-state index contributed by atoms with van der Waals surface area (Å²) in [6, 6.07) is 6.21. The minimum atomic E-state index is -3.84. The highest BCUT2D eigenvalue weighted by Gasteiger charge is 2.23. The fraction of sp³-hybridized carbons (Fsp3) is 0.200. The van der Waals surface area contributed by atoms with Crippen molar-refractivity contribution in [3.05, 3.63) is 40.1 Å². The molecule has 132 valence electrons. The summed E-state index contributed by atoms with van der Waals surface area (Å²) in [5.41, 5.74) is 0.262. The van der Waals surface area contributed by atoms with Gasteiger partial charge >= 0.3 is 0 Å². The van der Waals surface area contributed by atoms with Crippen LogP contribution >= 0.6 is 22.9 Å². The molecule has 0 aliphatic carbocycles. The number of halogens is 1. The standard InChI is InChI=1S/C15H14ClN3O4S2/c1-8-14(7-13(24-8)15-17-9(2)23-18-15)25(20,21)19-11-6-10(16)4-5-12(11)22-3/h4-7,19H,1-3H3. The molecule has 7 nitrogen and oxygen atoms in total. The molecule has 0 unspecified atom stereocenters. The molecule has 25 heavy (non-hydrogen) atoms. The molecule has 2 aromatic heterocycles. The van der Waals surface area contributed by atoms with Crippen molar-refractivity contribution >= 4 is 38.6 Å². The van der Waals surface area contributed by atoms with Gasteiger partial charge < -0.3 is 9.26 Å². The smallest absolute Gasteiger partial charge is 0.263 e. The number of hydrogen-bond acceptors (Lipinski definition) is 7. The molecule has 0 atom stereocenters. The summed E-state index contributed by atoms with van der Waals surface area (Å²) in [5, 5.41) is 4.21. The third-order valence-electron chi connectivity index (χ3n) is 3.32. The SMILES string of the molecule is COc1ccc(Cl)cc1NS(=O)(=O)c1cc(-c2noc(C)n2)sc1C. The number of anilines is 1. The maximum absolute atomic E-state index is 12.8. The third kappa shape index (κ3) is 3.63. The van der Waals surface area contributed by atoms with Gasteiger partial charge in [0.25, 0.3) is 10.0 Å². The Morgan fingerprint density at radius 2 is 2.04 bits per heavy atom. The van der Waals surface area contributed by atoms with E-state index in [0.717, 1.165) is 0 Å². The van der Waals surface area contributed by atoms with Gasteiger partial charge in [-0.3, -0.25) is 4.72 Å². The van der Waals surface area contributed by atoms with E-state index in [9.17, 15) is 8.42 Å². The average molecular weight is 400 g/mol. The lowest BCUT2D eigenvalue weighted by Crippen LogP contribution is -2.13. The van der Waals surface area contributed by atoms with Gasteiger partial charge in [-0.15, -0.1) is 11.3 Å². The lowest BCUT2D eigenvalue weighted by molar-refractivity contribution is 0.394. The molecule has 0 fully saturated rings. The largest absolute Gasteiger partial charge is 0.495 e. The predicted octanol–water partition coefficient (Wildman–Crippen LogP) is 3.88. The first kappa shape index (κ1) is 17.7. The van der Waals surface area contributed by atoms with Crippen molar-refractivity contribution in [2.24, 2.45) is 0 Å². The molecule has 10 heteroatoms. The van der Waals surface area contributed by atoms with E-state index in [1.165, 1.54) is 30.6 Å². The van der Waals surface area contributed by atoms with Gasteiger partial charge in [0.1, 0.15) is 10.6 Å². The molecule has 3 aromatic rings. The number of ether oxygens (including phenoxy) is 1. The van der Waals surface area contributed by atoms with E-state index in [-0.39, 0.29) is 10.6 Å². The van der Waals surface area contributed by atoms with Gasteiger partial charge in [-0.2, -0.15) is 4.98 Å². The van der Waals surface area contributed by atoms with Gasteiger partial charge in [0.05, 0.1) is 17.7 Å². The predicted molar refractivity (Wildman–Crippen MR) is 95.9 cm³/mol.